The van der Waals surface area contributed by atoms with Gasteiger partial charge in [0.1, 0.15) is 0 Å². The number of hydrogen-bond donors (Lipinski definition) is 5. The minimum atomic E-state index is -1.63. The van der Waals surface area contributed by atoms with Crippen LogP contribution >= 0.6 is 0 Å². The third-order valence-corrected chi connectivity index (χ3v) is 0.843. The number of carbonyl (C=O) groups excluding carboxylic acids is 4. The van der Waals surface area contributed by atoms with Crippen LogP contribution in [0.1, 0.15) is 0 Å². The van der Waals surface area contributed by atoms with Gasteiger partial charge in [0.2, 0.25) is 0 Å². The van der Waals surface area contributed by atoms with Crippen LogP contribution in [0.2, 0.25) is 0 Å². The first kappa shape index (κ1) is 12.8. The number of nitrogens with one attached hydrogen (secondary N) is 3. The Hall–Kier alpha value is -2.24. The van der Waals surface area contributed by atoms with E-state index in [4.69, 9.17) is 10.4 Å². The van der Waals surface area contributed by atoms with Crippen molar-refractivity contribution in [2.75, 3.05) is 0 Å². The molecule has 0 aromatic carbocycles. The first-order valence-electron chi connectivity index (χ1n) is 3.08. The van der Waals surface area contributed by atoms with Gasteiger partial charge in [-0.25, -0.2) is 20.5 Å². The van der Waals surface area contributed by atoms with Crippen molar-refractivity contribution in [3.8, 4) is 0 Å². The Bertz CT molecular complexity index is 260. The molecule has 0 spiro atoms. The lowest BCUT2D eigenvalue weighted by atomic mass is 10.7. The Morgan fingerprint density at radius 2 is 1.13 bits per heavy atom. The normalized spacial score (nSPS) is 8.67. The smallest absolute Gasteiger partial charge is 0.326 e. The lowest BCUT2D eigenvalue weighted by Crippen LogP contribution is -2.38. The minimum absolute atomic E-state index is 0.924. The Kier molecular flexibility index (Phi) is 5.32. The third-order valence-electron chi connectivity index (χ3n) is 0.843. The summed E-state index contributed by atoms with van der Waals surface area (Å²) in [6.45, 7) is 0. The highest BCUT2D eigenvalue weighted by Gasteiger charge is 2.18. The molecule has 0 aliphatic rings. The van der Waals surface area contributed by atoms with Crippen LogP contribution in [0.5, 0.6) is 0 Å². The van der Waals surface area contributed by atoms with Crippen molar-refractivity contribution in [2.45, 2.75) is 0 Å². The van der Waals surface area contributed by atoms with Gasteiger partial charge >= 0.3 is 23.8 Å². The van der Waals surface area contributed by atoms with E-state index in [-0.39, 0.29) is 0 Å². The fourth-order valence-electron chi connectivity index (χ4n) is 0.281. The summed E-state index contributed by atoms with van der Waals surface area (Å²) in [6, 6.07) is 0. The highest BCUT2D eigenvalue weighted by Crippen LogP contribution is 1.77. The van der Waals surface area contributed by atoms with E-state index in [9.17, 15) is 19.2 Å². The lowest BCUT2D eigenvalue weighted by Gasteiger charge is -2.02. The summed E-state index contributed by atoms with van der Waals surface area (Å²) in [5, 5.41) is 15.8. The van der Waals surface area contributed by atoms with Gasteiger partial charge in [0.25, 0.3) is 0 Å². The van der Waals surface area contributed by atoms with Gasteiger partial charge in [-0.1, -0.05) is 0 Å². The molecule has 11 nitrogen and oxygen atoms in total. The predicted molar refractivity (Wildman–Crippen MR) is 35.2 cm³/mol. The molecule has 0 aromatic heterocycles. The van der Waals surface area contributed by atoms with Crippen molar-refractivity contribution in [3.05, 3.63) is 0 Å². The second-order valence-electron chi connectivity index (χ2n) is 1.74. The first-order chi connectivity index (χ1) is 7.02. The maximum absolute atomic E-state index is 10.4. The zero-order valence-electron chi connectivity index (χ0n) is 6.84. The quantitative estimate of drug-likeness (QED) is 0.181. The Balaban J connectivity index is 3.80. The van der Waals surface area contributed by atoms with Crippen LogP contribution in [0.4, 0.5) is 0 Å². The van der Waals surface area contributed by atoms with Gasteiger partial charge in [-0.15, -0.1) is 0 Å². The van der Waals surface area contributed by atoms with Crippen molar-refractivity contribution in [1.82, 2.24) is 16.6 Å². The molecule has 0 heterocycles. The average Bonchev–Trinajstić information content (AvgIpc) is 2.26. The van der Waals surface area contributed by atoms with Crippen LogP contribution in [-0.2, 0) is 28.9 Å². The fourth-order valence-corrected chi connectivity index (χ4v) is 0.281. The van der Waals surface area contributed by atoms with Crippen LogP contribution in [0.15, 0.2) is 0 Å². The zero-order chi connectivity index (χ0) is 11.8. The first-order valence-corrected chi connectivity index (χ1v) is 3.08. The molecule has 11 heteroatoms. The van der Waals surface area contributed by atoms with E-state index in [1.165, 1.54) is 5.64 Å². The summed E-state index contributed by atoms with van der Waals surface area (Å²) in [7, 11) is 0. The van der Waals surface area contributed by atoms with E-state index < -0.39 is 23.8 Å². The third kappa shape index (κ3) is 4.51. The van der Waals surface area contributed by atoms with Gasteiger partial charge < -0.3 is 9.68 Å². The summed E-state index contributed by atoms with van der Waals surface area (Å²) < 4.78 is 0. The zero-order valence-corrected chi connectivity index (χ0v) is 6.84. The van der Waals surface area contributed by atoms with Crippen LogP contribution < -0.4 is 16.6 Å². The van der Waals surface area contributed by atoms with Gasteiger partial charge in [0.05, 0.1) is 0 Å². The second kappa shape index (κ2) is 6.25. The predicted octanol–water partition coefficient (Wildman–Crippen LogP) is -3.50. The molecule has 0 radical (unpaired) electrons. The Morgan fingerprint density at radius 3 is 1.40 bits per heavy atom. The molecule has 0 fully saturated rings. The van der Waals surface area contributed by atoms with Crippen LogP contribution in [0, 0.1) is 0 Å². The molecule has 0 rings (SSSR count). The SMILES string of the molecule is O=C(NO)C(=O)ONOC(=O)C(=O)NO. The van der Waals surface area contributed by atoms with E-state index in [1.54, 1.807) is 0 Å². The van der Waals surface area contributed by atoms with E-state index in [2.05, 4.69) is 9.68 Å². The second-order valence-corrected chi connectivity index (χ2v) is 1.74. The van der Waals surface area contributed by atoms with Gasteiger partial charge in [-0.3, -0.25) is 20.0 Å². The monoisotopic (exact) mass is 223 g/mol. The largest absolute Gasteiger partial charge is 0.420 e. The van der Waals surface area contributed by atoms with E-state index in [0.29, 0.717) is 0 Å². The maximum atomic E-state index is 10.4. The molecule has 0 atom stereocenters. The summed E-state index contributed by atoms with van der Waals surface area (Å²) >= 11 is 0. The molecule has 2 amide bonds. The van der Waals surface area contributed by atoms with Crippen LogP contribution in [0.3, 0.4) is 0 Å². The van der Waals surface area contributed by atoms with Gasteiger partial charge in [0.15, 0.2) is 0 Å². The van der Waals surface area contributed by atoms with Gasteiger partial charge in [0, 0.05) is 5.64 Å². The van der Waals surface area contributed by atoms with Gasteiger partial charge in [-0.2, -0.15) is 0 Å². The van der Waals surface area contributed by atoms with Crippen molar-refractivity contribution in [1.29, 1.82) is 0 Å². The Morgan fingerprint density at radius 1 is 0.800 bits per heavy atom. The molecule has 5 N–H and O–H groups in total. The molecule has 0 aliphatic carbocycles. The van der Waals surface area contributed by atoms with Crippen molar-refractivity contribution in [3.63, 3.8) is 0 Å². The van der Waals surface area contributed by atoms with E-state index in [1.807, 2.05) is 0 Å². The van der Waals surface area contributed by atoms with Crippen molar-refractivity contribution in [2.24, 2.45) is 0 Å². The highest BCUT2D eigenvalue weighted by molar-refractivity contribution is 6.32. The summed E-state index contributed by atoms with van der Waals surface area (Å²) in [5.41, 5.74) is 3.02. The molecule has 0 saturated carbocycles. The number of hydroxylamine groups is 2. The molecule has 0 saturated heterocycles. The molecule has 84 valence electrons. The topological polar surface area (TPSA) is 163 Å². The highest BCUT2D eigenvalue weighted by atomic mass is 16.9. The van der Waals surface area contributed by atoms with E-state index in [0.717, 1.165) is 11.0 Å². The fraction of sp³-hybridized carbons (Fsp3) is 0. The Labute approximate surface area is 80.8 Å². The summed E-state index contributed by atoms with van der Waals surface area (Å²) in [5.74, 6) is -6.33. The summed E-state index contributed by atoms with van der Waals surface area (Å²) in [6.07, 6.45) is 0. The van der Waals surface area contributed by atoms with Crippen molar-refractivity contribution < 1.29 is 39.3 Å². The minimum Gasteiger partial charge on any atom is -0.326 e. The number of amides is 2. The molecule has 0 bridgehead atoms. The molecular weight excluding hydrogens is 218 g/mol. The van der Waals surface area contributed by atoms with Gasteiger partial charge in [-0.05, 0) is 0 Å². The standard InChI is InChI=1S/C4H5N3O8/c8-1(5-12)3(10)14-7-15-4(11)2(9)6-13/h7,12-13H,(H,5,8)(H,6,9). The lowest BCUT2D eigenvalue weighted by molar-refractivity contribution is -0.202. The molecule has 15 heavy (non-hydrogen) atoms. The van der Waals surface area contributed by atoms with Crippen LogP contribution in [0.25, 0.3) is 0 Å². The average molecular weight is 223 g/mol. The number of hydrogen-bond acceptors (Lipinski definition) is 9. The molecule has 0 aromatic rings. The maximum Gasteiger partial charge on any atom is 0.420 e. The number of rotatable bonds is 2. The molecule has 0 aliphatic heterocycles. The molecule has 0 unspecified atom stereocenters. The van der Waals surface area contributed by atoms with Crippen molar-refractivity contribution >= 4 is 23.8 Å². The summed E-state index contributed by atoms with van der Waals surface area (Å²) in [4.78, 5) is 48.7. The number of carbonyl (C=O) groups is 4. The molecular formula is C4H5N3O8. The van der Waals surface area contributed by atoms with Crippen LogP contribution in [-0.4, -0.2) is 34.2 Å². The van der Waals surface area contributed by atoms with E-state index >= 15 is 0 Å².